The Morgan fingerprint density at radius 2 is 1.66 bits per heavy atom. The second kappa shape index (κ2) is 13.1. The molecule has 3 aromatic carbocycles. The molecular weight excluding hydrogens is 456 g/mol. The molecule has 2 amide bonds. The minimum Gasteiger partial charge on any atom is -0.354 e. The largest absolute Gasteiger partial charge is 0.354 e. The van der Waals surface area contributed by atoms with Gasteiger partial charge in [0.1, 0.15) is 6.04 Å². The molecule has 0 saturated carbocycles. The van der Waals surface area contributed by atoms with Crippen molar-refractivity contribution in [2.75, 3.05) is 6.54 Å². The summed E-state index contributed by atoms with van der Waals surface area (Å²) in [5.74, 6) is -0.189. The molecule has 35 heavy (non-hydrogen) atoms. The van der Waals surface area contributed by atoms with Gasteiger partial charge in [-0.25, -0.2) is 0 Å². The third-order valence-corrected chi connectivity index (χ3v) is 6.47. The lowest BCUT2D eigenvalue weighted by Crippen LogP contribution is -2.51. The Kier molecular flexibility index (Phi) is 9.92. The van der Waals surface area contributed by atoms with Crippen LogP contribution in [0.2, 0.25) is 5.02 Å². The number of hydrogen-bond donors (Lipinski definition) is 1. The van der Waals surface area contributed by atoms with Gasteiger partial charge in [-0.1, -0.05) is 91.2 Å². The van der Waals surface area contributed by atoms with Crippen molar-refractivity contribution in [3.8, 4) is 0 Å². The van der Waals surface area contributed by atoms with Crippen LogP contribution in [-0.2, 0) is 29.0 Å². The molecule has 1 N–H and O–H groups in total. The molecule has 0 heterocycles. The SMILES string of the molecule is CCCCNC(=O)[C@@H](Cc1ccccc1)N(Cc1ccc(Cl)cc1)C(=O)Cc1cc(C)ccc1C. The first kappa shape index (κ1) is 26.5. The van der Waals surface area contributed by atoms with E-state index in [0.717, 1.165) is 40.7 Å². The van der Waals surface area contributed by atoms with Crippen molar-refractivity contribution in [1.82, 2.24) is 10.2 Å². The minimum absolute atomic E-state index is 0.0692. The van der Waals surface area contributed by atoms with E-state index in [1.54, 1.807) is 4.90 Å². The first-order valence-corrected chi connectivity index (χ1v) is 12.7. The lowest BCUT2D eigenvalue weighted by atomic mass is 9.99. The van der Waals surface area contributed by atoms with Gasteiger partial charge in [0.15, 0.2) is 0 Å². The molecule has 0 spiro atoms. The van der Waals surface area contributed by atoms with Crippen LogP contribution in [0.15, 0.2) is 72.8 Å². The first-order chi connectivity index (χ1) is 16.9. The number of carbonyl (C=O) groups is 2. The zero-order valence-corrected chi connectivity index (χ0v) is 21.6. The van der Waals surface area contributed by atoms with Crippen LogP contribution in [0, 0.1) is 13.8 Å². The van der Waals surface area contributed by atoms with Gasteiger partial charge in [-0.3, -0.25) is 9.59 Å². The van der Waals surface area contributed by atoms with E-state index in [-0.39, 0.29) is 18.2 Å². The van der Waals surface area contributed by atoms with Gasteiger partial charge in [-0.05, 0) is 54.7 Å². The smallest absolute Gasteiger partial charge is 0.243 e. The summed E-state index contributed by atoms with van der Waals surface area (Å²) < 4.78 is 0. The number of aryl methyl sites for hydroxylation is 2. The van der Waals surface area contributed by atoms with Crippen molar-refractivity contribution in [2.45, 2.75) is 59.0 Å². The van der Waals surface area contributed by atoms with Gasteiger partial charge in [0.2, 0.25) is 11.8 Å². The summed E-state index contributed by atoms with van der Waals surface area (Å²) in [5, 5.41) is 3.70. The zero-order valence-electron chi connectivity index (χ0n) is 20.9. The Morgan fingerprint density at radius 1 is 0.943 bits per heavy atom. The van der Waals surface area contributed by atoms with E-state index in [4.69, 9.17) is 11.6 Å². The van der Waals surface area contributed by atoms with Crippen molar-refractivity contribution in [3.05, 3.63) is 106 Å². The van der Waals surface area contributed by atoms with Gasteiger partial charge in [-0.2, -0.15) is 0 Å². The Bertz CT molecular complexity index is 1110. The Labute approximate surface area is 214 Å². The molecule has 0 aliphatic carbocycles. The van der Waals surface area contributed by atoms with Crippen LogP contribution in [0.3, 0.4) is 0 Å². The van der Waals surface area contributed by atoms with Crippen molar-refractivity contribution < 1.29 is 9.59 Å². The number of benzene rings is 3. The van der Waals surface area contributed by atoms with Gasteiger partial charge in [0.05, 0.1) is 6.42 Å². The standard InChI is InChI=1S/C30H35ClN2O2/c1-4-5-17-32-30(35)28(19-24-9-7-6-8-10-24)33(21-25-13-15-27(31)16-14-25)29(34)20-26-18-22(2)11-12-23(26)3/h6-16,18,28H,4-5,17,19-21H2,1-3H3,(H,32,35)/t28-/m1/s1. The highest BCUT2D eigenvalue weighted by Crippen LogP contribution is 2.19. The number of rotatable bonds is 11. The highest BCUT2D eigenvalue weighted by Gasteiger charge is 2.30. The lowest BCUT2D eigenvalue weighted by Gasteiger charge is -2.32. The van der Waals surface area contributed by atoms with Crippen LogP contribution in [-0.4, -0.2) is 29.3 Å². The Balaban J connectivity index is 1.96. The molecule has 3 aromatic rings. The van der Waals surface area contributed by atoms with Crippen LogP contribution < -0.4 is 5.32 Å². The maximum absolute atomic E-state index is 13.8. The molecule has 5 heteroatoms. The van der Waals surface area contributed by atoms with E-state index >= 15 is 0 Å². The summed E-state index contributed by atoms with van der Waals surface area (Å²) in [6, 6.07) is 22.9. The Morgan fingerprint density at radius 3 is 2.34 bits per heavy atom. The predicted molar refractivity (Wildman–Crippen MR) is 143 cm³/mol. The van der Waals surface area contributed by atoms with Gasteiger partial charge in [-0.15, -0.1) is 0 Å². The van der Waals surface area contributed by atoms with E-state index < -0.39 is 6.04 Å². The fraction of sp³-hybridized carbons (Fsp3) is 0.333. The highest BCUT2D eigenvalue weighted by molar-refractivity contribution is 6.30. The summed E-state index contributed by atoms with van der Waals surface area (Å²) in [5.41, 5.74) is 5.12. The number of halogens is 1. The molecule has 1 atom stereocenters. The molecule has 3 rings (SSSR count). The van der Waals surface area contributed by atoms with Gasteiger partial charge in [0, 0.05) is 24.5 Å². The average molecular weight is 491 g/mol. The molecule has 0 fully saturated rings. The zero-order chi connectivity index (χ0) is 25.2. The normalized spacial score (nSPS) is 11.7. The first-order valence-electron chi connectivity index (χ1n) is 12.3. The van der Waals surface area contributed by atoms with E-state index in [2.05, 4.69) is 18.3 Å². The van der Waals surface area contributed by atoms with Gasteiger partial charge >= 0.3 is 0 Å². The third kappa shape index (κ3) is 7.97. The molecule has 0 bridgehead atoms. The number of unbranched alkanes of at least 4 members (excludes halogenated alkanes) is 1. The Hall–Kier alpha value is -3.11. The third-order valence-electron chi connectivity index (χ3n) is 6.21. The molecule has 0 unspecified atom stereocenters. The fourth-order valence-corrected chi connectivity index (χ4v) is 4.23. The molecule has 4 nitrogen and oxygen atoms in total. The average Bonchev–Trinajstić information content (AvgIpc) is 2.85. The number of amides is 2. The number of nitrogens with one attached hydrogen (secondary N) is 1. The molecular formula is C30H35ClN2O2. The van der Waals surface area contributed by atoms with Crippen molar-refractivity contribution in [2.24, 2.45) is 0 Å². The molecule has 184 valence electrons. The maximum Gasteiger partial charge on any atom is 0.243 e. The number of hydrogen-bond acceptors (Lipinski definition) is 2. The minimum atomic E-state index is -0.623. The molecule has 0 aliphatic heterocycles. The van der Waals surface area contributed by atoms with Crippen molar-refractivity contribution >= 4 is 23.4 Å². The van der Waals surface area contributed by atoms with Crippen molar-refractivity contribution in [3.63, 3.8) is 0 Å². The molecule has 0 aliphatic rings. The molecule has 0 aromatic heterocycles. The monoisotopic (exact) mass is 490 g/mol. The van der Waals surface area contributed by atoms with Gasteiger partial charge < -0.3 is 10.2 Å². The summed E-state index contributed by atoms with van der Waals surface area (Å²) in [6.07, 6.45) is 2.58. The van der Waals surface area contributed by atoms with Crippen LogP contribution in [0.25, 0.3) is 0 Å². The second-order valence-corrected chi connectivity index (χ2v) is 9.54. The summed E-state index contributed by atoms with van der Waals surface area (Å²) in [4.78, 5) is 29.0. The van der Waals surface area contributed by atoms with E-state index in [9.17, 15) is 9.59 Å². The fourth-order valence-electron chi connectivity index (χ4n) is 4.10. The number of nitrogens with zero attached hydrogens (tertiary/aromatic N) is 1. The predicted octanol–water partition coefficient (Wildman–Crippen LogP) is 6.06. The van der Waals surface area contributed by atoms with Crippen LogP contribution in [0.5, 0.6) is 0 Å². The highest BCUT2D eigenvalue weighted by atomic mass is 35.5. The van der Waals surface area contributed by atoms with E-state index in [1.807, 2.05) is 80.6 Å². The van der Waals surface area contributed by atoms with Crippen molar-refractivity contribution in [1.29, 1.82) is 0 Å². The topological polar surface area (TPSA) is 49.4 Å². The quantitative estimate of drug-likeness (QED) is 0.332. The summed E-state index contributed by atoms with van der Waals surface area (Å²) >= 11 is 6.10. The lowest BCUT2D eigenvalue weighted by molar-refractivity contribution is -0.140. The maximum atomic E-state index is 13.8. The summed E-state index contributed by atoms with van der Waals surface area (Å²) in [7, 11) is 0. The summed E-state index contributed by atoms with van der Waals surface area (Å²) in [6.45, 7) is 7.07. The van der Waals surface area contributed by atoms with Gasteiger partial charge in [0.25, 0.3) is 0 Å². The molecule has 0 saturated heterocycles. The van der Waals surface area contributed by atoms with E-state index in [1.165, 1.54) is 0 Å². The second-order valence-electron chi connectivity index (χ2n) is 9.10. The van der Waals surface area contributed by atoms with Crippen LogP contribution >= 0.6 is 11.6 Å². The number of carbonyl (C=O) groups excluding carboxylic acids is 2. The van der Waals surface area contributed by atoms with Crippen LogP contribution in [0.1, 0.15) is 47.6 Å². The molecule has 0 radical (unpaired) electrons. The van der Waals surface area contributed by atoms with E-state index in [0.29, 0.717) is 24.5 Å². The van der Waals surface area contributed by atoms with Crippen LogP contribution in [0.4, 0.5) is 0 Å².